The fourth-order valence-electron chi connectivity index (χ4n) is 2.61. The van der Waals surface area contributed by atoms with E-state index in [1.807, 2.05) is 0 Å². The zero-order valence-corrected chi connectivity index (χ0v) is 12.8. The second-order valence-electron chi connectivity index (χ2n) is 5.47. The van der Waals surface area contributed by atoms with Gasteiger partial charge in [-0.1, -0.05) is 13.0 Å². The summed E-state index contributed by atoms with van der Waals surface area (Å²) in [5.74, 6) is -1.91. The predicted octanol–water partition coefficient (Wildman–Crippen LogP) is 2.04. The molecule has 2 heterocycles. The molecule has 0 saturated heterocycles. The number of hydrogen-bond acceptors (Lipinski definition) is 5. The third kappa shape index (κ3) is 3.00. The van der Waals surface area contributed by atoms with E-state index in [-0.39, 0.29) is 12.1 Å². The molecule has 1 N–H and O–H groups in total. The molecule has 0 radical (unpaired) electrons. The van der Waals surface area contributed by atoms with E-state index in [4.69, 9.17) is 0 Å². The molecule has 124 valence electrons. The lowest BCUT2D eigenvalue weighted by molar-refractivity contribution is -0.0135. The van der Waals surface area contributed by atoms with Crippen LogP contribution in [0.2, 0.25) is 0 Å². The Bertz CT molecular complexity index is 813. The highest BCUT2D eigenvalue weighted by Crippen LogP contribution is 2.38. The van der Waals surface area contributed by atoms with Crippen molar-refractivity contribution in [3.05, 3.63) is 72.3 Å². The summed E-state index contributed by atoms with van der Waals surface area (Å²) in [5.41, 5.74) is -1.80. The Morgan fingerprint density at radius 1 is 1.25 bits per heavy atom. The number of hydrogen-bond donors (Lipinski definition) is 1. The molecule has 6 nitrogen and oxygen atoms in total. The Morgan fingerprint density at radius 3 is 2.62 bits per heavy atom. The normalized spacial score (nSPS) is 15.0. The zero-order chi connectivity index (χ0) is 17.2. The van der Waals surface area contributed by atoms with Gasteiger partial charge in [-0.15, -0.1) is 0 Å². The average Bonchev–Trinajstić information content (AvgIpc) is 3.07. The quantitative estimate of drug-likeness (QED) is 0.774. The van der Waals surface area contributed by atoms with Crippen LogP contribution in [0.4, 0.5) is 8.78 Å². The third-order valence-corrected chi connectivity index (χ3v) is 3.96. The van der Waals surface area contributed by atoms with Crippen LogP contribution in [0.5, 0.6) is 0 Å². The lowest BCUT2D eigenvalue weighted by Crippen LogP contribution is -2.38. The van der Waals surface area contributed by atoms with E-state index in [1.54, 1.807) is 13.0 Å². The first kappa shape index (κ1) is 16.1. The molecular formula is C16H15F2N5O. The van der Waals surface area contributed by atoms with Crippen molar-refractivity contribution in [2.75, 3.05) is 0 Å². The Labute approximate surface area is 136 Å². The number of benzene rings is 1. The van der Waals surface area contributed by atoms with Crippen LogP contribution in [0.3, 0.4) is 0 Å². The molecule has 3 rings (SSSR count). The van der Waals surface area contributed by atoms with Crippen molar-refractivity contribution in [1.82, 2.24) is 24.7 Å². The van der Waals surface area contributed by atoms with Crippen LogP contribution in [-0.4, -0.2) is 29.8 Å². The Morgan fingerprint density at radius 2 is 2.00 bits per heavy atom. The van der Waals surface area contributed by atoms with Crippen molar-refractivity contribution in [3.63, 3.8) is 0 Å². The Kier molecular flexibility index (Phi) is 4.30. The van der Waals surface area contributed by atoms with Gasteiger partial charge in [-0.2, -0.15) is 5.10 Å². The zero-order valence-electron chi connectivity index (χ0n) is 12.8. The van der Waals surface area contributed by atoms with Crippen molar-refractivity contribution in [1.29, 1.82) is 0 Å². The highest BCUT2D eigenvalue weighted by molar-refractivity contribution is 5.28. The fourth-order valence-corrected chi connectivity index (χ4v) is 2.61. The minimum absolute atomic E-state index is 0.0562. The summed E-state index contributed by atoms with van der Waals surface area (Å²) in [7, 11) is 0. The predicted molar refractivity (Wildman–Crippen MR) is 80.7 cm³/mol. The van der Waals surface area contributed by atoms with E-state index in [1.165, 1.54) is 35.8 Å². The van der Waals surface area contributed by atoms with Gasteiger partial charge >= 0.3 is 0 Å². The van der Waals surface area contributed by atoms with Crippen molar-refractivity contribution in [2.45, 2.75) is 25.0 Å². The van der Waals surface area contributed by atoms with Gasteiger partial charge in [0.05, 0.1) is 12.5 Å². The van der Waals surface area contributed by atoms with Gasteiger partial charge in [-0.3, -0.25) is 0 Å². The molecule has 0 fully saturated rings. The molecule has 2 aromatic heterocycles. The molecule has 2 unspecified atom stereocenters. The van der Waals surface area contributed by atoms with Crippen LogP contribution in [0, 0.1) is 11.6 Å². The molecule has 0 aliphatic heterocycles. The maximum atomic E-state index is 14.4. The van der Waals surface area contributed by atoms with E-state index in [2.05, 4.69) is 20.1 Å². The largest absolute Gasteiger partial charge is 0.382 e. The molecule has 0 amide bonds. The first-order valence-electron chi connectivity index (χ1n) is 7.28. The molecule has 0 aliphatic rings. The highest BCUT2D eigenvalue weighted by atomic mass is 19.1. The van der Waals surface area contributed by atoms with Crippen LogP contribution in [0.25, 0.3) is 0 Å². The van der Waals surface area contributed by atoms with Crippen molar-refractivity contribution in [2.24, 2.45) is 0 Å². The van der Waals surface area contributed by atoms with E-state index in [9.17, 15) is 13.9 Å². The molecule has 0 saturated carbocycles. The van der Waals surface area contributed by atoms with Gasteiger partial charge in [0, 0.05) is 24.0 Å². The summed E-state index contributed by atoms with van der Waals surface area (Å²) in [5, 5.41) is 15.3. The van der Waals surface area contributed by atoms with Gasteiger partial charge in [0.15, 0.2) is 0 Å². The first-order chi connectivity index (χ1) is 11.5. The second kappa shape index (κ2) is 6.40. The molecule has 3 aromatic rings. The molecule has 0 aliphatic carbocycles. The minimum Gasteiger partial charge on any atom is -0.382 e. The molecule has 0 spiro atoms. The summed E-state index contributed by atoms with van der Waals surface area (Å²) < 4.78 is 29.0. The molecular weight excluding hydrogens is 316 g/mol. The van der Waals surface area contributed by atoms with Crippen LogP contribution < -0.4 is 0 Å². The minimum atomic E-state index is -1.74. The number of aliphatic hydroxyl groups is 1. The summed E-state index contributed by atoms with van der Waals surface area (Å²) in [6.07, 6.45) is 5.79. The monoisotopic (exact) mass is 331 g/mol. The van der Waals surface area contributed by atoms with Crippen molar-refractivity contribution in [3.8, 4) is 0 Å². The molecule has 1 aromatic carbocycles. The maximum Gasteiger partial charge on any atom is 0.137 e. The fraction of sp³-hybridized carbons (Fsp3) is 0.250. The van der Waals surface area contributed by atoms with E-state index in [0.717, 1.165) is 12.1 Å². The topological polar surface area (TPSA) is 76.7 Å². The van der Waals surface area contributed by atoms with Gasteiger partial charge in [0.25, 0.3) is 0 Å². The van der Waals surface area contributed by atoms with Gasteiger partial charge in [-0.25, -0.2) is 28.4 Å². The molecule has 0 bridgehead atoms. The standard InChI is InChI=1S/C16H15F2N5O/c1-11(15-20-5-2-6-21-15)16(24,8-23-10-19-9-22-23)13-4-3-12(17)7-14(13)18/h2-7,9-11,24H,8H2,1H3. The first-order valence-corrected chi connectivity index (χ1v) is 7.28. The number of rotatable bonds is 5. The number of halogens is 2. The SMILES string of the molecule is CC(c1ncccn1)C(O)(Cn1cncn1)c1ccc(F)cc1F. The smallest absolute Gasteiger partial charge is 0.137 e. The van der Waals surface area contributed by atoms with Gasteiger partial charge in [0.1, 0.15) is 35.7 Å². The Hall–Kier alpha value is -2.74. The summed E-state index contributed by atoms with van der Waals surface area (Å²) >= 11 is 0. The van der Waals surface area contributed by atoms with Crippen LogP contribution in [0.1, 0.15) is 24.2 Å². The van der Waals surface area contributed by atoms with E-state index < -0.39 is 23.2 Å². The molecule has 8 heteroatoms. The van der Waals surface area contributed by atoms with E-state index in [0.29, 0.717) is 5.82 Å². The summed E-state index contributed by atoms with van der Waals surface area (Å²) in [4.78, 5) is 12.1. The lowest BCUT2D eigenvalue weighted by Gasteiger charge is -2.33. The highest BCUT2D eigenvalue weighted by Gasteiger charge is 2.41. The van der Waals surface area contributed by atoms with E-state index >= 15 is 0 Å². The van der Waals surface area contributed by atoms with Crippen molar-refractivity contribution < 1.29 is 13.9 Å². The lowest BCUT2D eigenvalue weighted by atomic mass is 9.81. The van der Waals surface area contributed by atoms with Gasteiger partial charge < -0.3 is 5.11 Å². The van der Waals surface area contributed by atoms with Crippen LogP contribution in [-0.2, 0) is 12.1 Å². The maximum absolute atomic E-state index is 14.4. The van der Waals surface area contributed by atoms with Gasteiger partial charge in [-0.05, 0) is 12.1 Å². The van der Waals surface area contributed by atoms with Crippen LogP contribution in [0.15, 0.2) is 49.3 Å². The molecule has 2 atom stereocenters. The van der Waals surface area contributed by atoms with Crippen molar-refractivity contribution >= 4 is 0 Å². The number of aromatic nitrogens is 5. The second-order valence-corrected chi connectivity index (χ2v) is 5.47. The molecule has 24 heavy (non-hydrogen) atoms. The summed E-state index contributed by atoms with van der Waals surface area (Å²) in [6.45, 7) is 1.59. The van der Waals surface area contributed by atoms with Gasteiger partial charge in [0.2, 0.25) is 0 Å². The number of nitrogens with zero attached hydrogens (tertiary/aromatic N) is 5. The Balaban J connectivity index is 2.09. The average molecular weight is 331 g/mol. The third-order valence-electron chi connectivity index (χ3n) is 3.96. The summed E-state index contributed by atoms with van der Waals surface area (Å²) in [6, 6.07) is 4.70. The van der Waals surface area contributed by atoms with Crippen LogP contribution >= 0.6 is 0 Å².